The highest BCUT2D eigenvalue weighted by Gasteiger charge is 2.15. The van der Waals surface area contributed by atoms with E-state index < -0.39 is 36.8 Å². The molecule has 0 aromatic heterocycles. The molecular formula is C18H16F2N2O5S. The van der Waals surface area contributed by atoms with Gasteiger partial charge >= 0.3 is 5.97 Å². The van der Waals surface area contributed by atoms with Crippen LogP contribution in [-0.4, -0.2) is 36.8 Å². The van der Waals surface area contributed by atoms with Crippen molar-refractivity contribution in [3.8, 4) is 5.75 Å². The minimum absolute atomic E-state index is 0.0323. The normalized spacial score (nSPS) is 10.4. The number of thioether (sulfide) groups is 1. The predicted molar refractivity (Wildman–Crippen MR) is 98.3 cm³/mol. The molecule has 148 valence electrons. The van der Waals surface area contributed by atoms with Gasteiger partial charge in [0.1, 0.15) is 11.3 Å². The summed E-state index contributed by atoms with van der Waals surface area (Å²) in [5.41, 5.74) is 5.36. The van der Waals surface area contributed by atoms with Crippen molar-refractivity contribution >= 4 is 35.2 Å². The molecule has 0 bridgehead atoms. The number of para-hydroxylation sites is 1. The maximum absolute atomic E-state index is 12.3. The first-order chi connectivity index (χ1) is 13.3. The summed E-state index contributed by atoms with van der Waals surface area (Å²) >= 11 is 0.400. The average Bonchev–Trinajstić information content (AvgIpc) is 2.66. The Labute approximate surface area is 163 Å². The minimum atomic E-state index is -2.52. The van der Waals surface area contributed by atoms with Gasteiger partial charge in [-0.25, -0.2) is 4.79 Å². The number of nitrogens with two attached hydrogens (primary N) is 1. The van der Waals surface area contributed by atoms with E-state index in [1.807, 2.05) is 0 Å². The molecule has 0 saturated carbocycles. The highest BCUT2D eigenvalue weighted by atomic mass is 32.2. The monoisotopic (exact) mass is 410 g/mol. The van der Waals surface area contributed by atoms with Gasteiger partial charge in [0.05, 0.1) is 0 Å². The fraction of sp³-hybridized carbons (Fsp3) is 0.167. The molecule has 2 aromatic rings. The second-order valence-corrected chi connectivity index (χ2v) is 6.34. The van der Waals surface area contributed by atoms with Crippen molar-refractivity contribution in [2.45, 2.75) is 10.7 Å². The van der Waals surface area contributed by atoms with Crippen molar-refractivity contribution in [1.82, 2.24) is 0 Å². The lowest BCUT2D eigenvalue weighted by atomic mass is 10.2. The third kappa shape index (κ3) is 6.88. The Hall–Kier alpha value is -3.14. The number of alkyl halides is 2. The van der Waals surface area contributed by atoms with Crippen LogP contribution in [-0.2, 0) is 14.3 Å². The molecule has 0 heterocycles. The Morgan fingerprint density at radius 1 is 1.04 bits per heavy atom. The van der Waals surface area contributed by atoms with E-state index in [2.05, 4.69) is 5.32 Å². The lowest BCUT2D eigenvalue weighted by Crippen LogP contribution is -2.22. The zero-order chi connectivity index (χ0) is 20.5. The summed E-state index contributed by atoms with van der Waals surface area (Å²) in [6.45, 7) is -0.985. The number of benzene rings is 2. The average molecular weight is 410 g/mol. The van der Waals surface area contributed by atoms with E-state index in [0.717, 1.165) is 0 Å². The number of primary amides is 1. The van der Waals surface area contributed by atoms with E-state index in [1.165, 1.54) is 36.4 Å². The van der Waals surface area contributed by atoms with Gasteiger partial charge in [0.15, 0.2) is 13.2 Å². The first-order valence-electron chi connectivity index (χ1n) is 7.87. The van der Waals surface area contributed by atoms with Crippen molar-refractivity contribution in [2.24, 2.45) is 5.73 Å². The largest absolute Gasteiger partial charge is 0.483 e. The van der Waals surface area contributed by atoms with Crippen LogP contribution in [0.5, 0.6) is 5.75 Å². The molecule has 0 fully saturated rings. The van der Waals surface area contributed by atoms with Crippen LogP contribution in [0.1, 0.15) is 10.4 Å². The zero-order valence-electron chi connectivity index (χ0n) is 14.4. The molecule has 0 unspecified atom stereocenters. The van der Waals surface area contributed by atoms with E-state index in [9.17, 15) is 23.2 Å². The summed E-state index contributed by atoms with van der Waals surface area (Å²) < 4.78 is 34.6. The second kappa shape index (κ2) is 10.3. The third-order valence-electron chi connectivity index (χ3n) is 3.17. The van der Waals surface area contributed by atoms with Gasteiger partial charge in [-0.2, -0.15) is 8.78 Å². The second-order valence-electron chi connectivity index (χ2n) is 5.28. The number of nitrogens with one attached hydrogen (secondary N) is 1. The van der Waals surface area contributed by atoms with Gasteiger partial charge in [0.2, 0.25) is 0 Å². The summed E-state index contributed by atoms with van der Waals surface area (Å²) in [7, 11) is 0. The molecule has 0 atom stereocenters. The Morgan fingerprint density at radius 3 is 2.36 bits per heavy atom. The highest BCUT2D eigenvalue weighted by Crippen LogP contribution is 2.26. The fourth-order valence-electron chi connectivity index (χ4n) is 2.04. The molecule has 0 spiro atoms. The molecule has 7 nitrogen and oxygen atoms in total. The Balaban J connectivity index is 1.92. The fourth-order valence-corrected chi connectivity index (χ4v) is 2.53. The van der Waals surface area contributed by atoms with Gasteiger partial charge in [-0.15, -0.1) is 0 Å². The first kappa shape index (κ1) is 21.2. The highest BCUT2D eigenvalue weighted by molar-refractivity contribution is 7.99. The van der Waals surface area contributed by atoms with Gasteiger partial charge in [0.25, 0.3) is 17.6 Å². The summed E-state index contributed by atoms with van der Waals surface area (Å²) in [5.74, 6) is -4.57. The molecule has 28 heavy (non-hydrogen) atoms. The number of carbonyl (C=O) groups excluding carboxylic acids is 3. The molecule has 10 heteroatoms. The molecule has 0 radical (unpaired) electrons. The van der Waals surface area contributed by atoms with E-state index in [1.54, 1.807) is 12.1 Å². The smallest absolute Gasteiger partial charge is 0.342 e. The van der Waals surface area contributed by atoms with Crippen LogP contribution in [0.15, 0.2) is 53.4 Å². The lowest BCUT2D eigenvalue weighted by Gasteiger charge is -2.11. The quantitative estimate of drug-likeness (QED) is 0.486. The van der Waals surface area contributed by atoms with Crippen LogP contribution >= 0.6 is 11.8 Å². The Kier molecular flexibility index (Phi) is 7.76. The number of esters is 1. The van der Waals surface area contributed by atoms with Gasteiger partial charge < -0.3 is 20.5 Å². The standard InChI is InChI=1S/C18H16F2N2O5S/c19-18(20)28-12-7-5-11(6-8-12)22-16(24)10-26-14-4-2-1-3-13(14)17(25)27-9-15(21)23/h1-8,18H,9-10H2,(H2,21,23)(H,22,24). The number of carbonyl (C=O) groups is 3. The Morgan fingerprint density at radius 2 is 1.71 bits per heavy atom. The molecule has 0 aliphatic rings. The molecular weight excluding hydrogens is 394 g/mol. The molecule has 0 aliphatic carbocycles. The summed E-state index contributed by atoms with van der Waals surface area (Å²) in [4.78, 5) is 35.0. The van der Waals surface area contributed by atoms with E-state index in [0.29, 0.717) is 22.3 Å². The van der Waals surface area contributed by atoms with Crippen LogP contribution < -0.4 is 15.8 Å². The number of hydrogen-bond acceptors (Lipinski definition) is 6. The van der Waals surface area contributed by atoms with Gasteiger partial charge in [-0.05, 0) is 36.4 Å². The van der Waals surface area contributed by atoms with Crippen molar-refractivity contribution in [1.29, 1.82) is 0 Å². The van der Waals surface area contributed by atoms with Crippen molar-refractivity contribution in [2.75, 3.05) is 18.5 Å². The maximum atomic E-state index is 12.3. The molecule has 2 rings (SSSR count). The van der Waals surface area contributed by atoms with E-state index in [4.69, 9.17) is 15.2 Å². The van der Waals surface area contributed by atoms with Crippen LogP contribution in [0.2, 0.25) is 0 Å². The molecule has 0 saturated heterocycles. The minimum Gasteiger partial charge on any atom is -0.483 e. The molecule has 2 aromatic carbocycles. The lowest BCUT2D eigenvalue weighted by molar-refractivity contribution is -0.121. The topological polar surface area (TPSA) is 108 Å². The number of halogens is 2. The van der Waals surface area contributed by atoms with Crippen molar-refractivity contribution < 1.29 is 32.6 Å². The van der Waals surface area contributed by atoms with Crippen molar-refractivity contribution in [3.63, 3.8) is 0 Å². The number of hydrogen-bond donors (Lipinski definition) is 2. The van der Waals surface area contributed by atoms with Gasteiger partial charge in [-0.3, -0.25) is 9.59 Å². The van der Waals surface area contributed by atoms with Crippen LogP contribution in [0, 0.1) is 0 Å². The number of ether oxygens (including phenoxy) is 2. The molecule has 2 amide bonds. The number of rotatable bonds is 9. The van der Waals surface area contributed by atoms with Gasteiger partial charge in [-0.1, -0.05) is 23.9 Å². The maximum Gasteiger partial charge on any atom is 0.342 e. The van der Waals surface area contributed by atoms with Crippen LogP contribution in [0.4, 0.5) is 14.5 Å². The number of amides is 2. The number of anilines is 1. The van der Waals surface area contributed by atoms with Gasteiger partial charge in [0, 0.05) is 10.6 Å². The zero-order valence-corrected chi connectivity index (χ0v) is 15.2. The Bertz CT molecular complexity index is 846. The van der Waals surface area contributed by atoms with E-state index in [-0.39, 0.29) is 11.3 Å². The van der Waals surface area contributed by atoms with Crippen LogP contribution in [0.3, 0.4) is 0 Å². The summed E-state index contributed by atoms with van der Waals surface area (Å²) in [6, 6.07) is 11.9. The SMILES string of the molecule is NC(=O)COC(=O)c1ccccc1OCC(=O)Nc1ccc(SC(F)F)cc1. The molecule has 3 N–H and O–H groups in total. The molecule has 0 aliphatic heterocycles. The van der Waals surface area contributed by atoms with Crippen LogP contribution in [0.25, 0.3) is 0 Å². The summed E-state index contributed by atoms with van der Waals surface area (Å²) in [6.07, 6.45) is 0. The van der Waals surface area contributed by atoms with Crippen molar-refractivity contribution in [3.05, 3.63) is 54.1 Å². The summed E-state index contributed by atoms with van der Waals surface area (Å²) in [5, 5.41) is 2.54. The third-order valence-corrected chi connectivity index (χ3v) is 3.90. The first-order valence-corrected chi connectivity index (χ1v) is 8.75. The predicted octanol–water partition coefficient (Wildman–Crippen LogP) is 2.66. The van der Waals surface area contributed by atoms with E-state index >= 15 is 0 Å².